The van der Waals surface area contributed by atoms with Crippen LogP contribution in [0.4, 0.5) is 17.3 Å². The molecule has 0 aliphatic carbocycles. The maximum Gasteiger partial charge on any atom is 0.149 e. The predicted octanol–water partition coefficient (Wildman–Crippen LogP) is 1.23. The summed E-state index contributed by atoms with van der Waals surface area (Å²) in [5.74, 6) is 1.11. The minimum Gasteiger partial charge on any atom is -0.396 e. The minimum atomic E-state index is 0.364. The second kappa shape index (κ2) is 4.35. The maximum atomic E-state index is 5.53. The number of nitrogen functional groups attached to an aromatic ring is 2. The Labute approximate surface area is 77.7 Å². The summed E-state index contributed by atoms with van der Waals surface area (Å²) in [7, 11) is 0. The Bertz CT molecular complexity index is 296. The van der Waals surface area contributed by atoms with Gasteiger partial charge in [0.1, 0.15) is 11.6 Å². The van der Waals surface area contributed by atoms with Crippen molar-refractivity contribution in [2.45, 2.75) is 6.42 Å². The average molecular weight is 178 g/mol. The highest BCUT2D eigenvalue weighted by Crippen LogP contribution is 2.14. The van der Waals surface area contributed by atoms with Gasteiger partial charge in [0.05, 0.1) is 5.69 Å². The largest absolute Gasteiger partial charge is 0.396 e. The van der Waals surface area contributed by atoms with E-state index < -0.39 is 0 Å². The Balaban J connectivity index is 2.57. The maximum absolute atomic E-state index is 5.53. The number of nitrogens with zero attached hydrogens (tertiary/aromatic N) is 1. The molecule has 1 aromatic rings. The van der Waals surface area contributed by atoms with Gasteiger partial charge in [-0.15, -0.1) is 6.58 Å². The number of nitrogens with two attached hydrogens (primary N) is 2. The van der Waals surface area contributed by atoms with E-state index in [1.807, 2.05) is 6.08 Å². The van der Waals surface area contributed by atoms with Crippen molar-refractivity contribution in [3.8, 4) is 0 Å². The monoisotopic (exact) mass is 178 g/mol. The first-order chi connectivity index (χ1) is 6.24. The van der Waals surface area contributed by atoms with Crippen molar-refractivity contribution in [3.05, 3.63) is 24.8 Å². The standard InChI is InChI=1S/C9H14N4/c1-2-3-6-12-8-5-4-7(10)9(11)13-8/h2,4-5H,1,3,6,10H2,(H3,11,12,13). The molecule has 0 bridgehead atoms. The summed E-state index contributed by atoms with van der Waals surface area (Å²) < 4.78 is 0. The van der Waals surface area contributed by atoms with Gasteiger partial charge in [-0.3, -0.25) is 0 Å². The minimum absolute atomic E-state index is 0.364. The molecule has 0 aromatic carbocycles. The van der Waals surface area contributed by atoms with Crippen LogP contribution in [0.5, 0.6) is 0 Å². The third-order valence-corrected chi connectivity index (χ3v) is 1.61. The molecule has 0 fully saturated rings. The van der Waals surface area contributed by atoms with E-state index in [9.17, 15) is 0 Å². The lowest BCUT2D eigenvalue weighted by Crippen LogP contribution is -2.05. The summed E-state index contributed by atoms with van der Waals surface area (Å²) in [5, 5.41) is 3.10. The second-order valence-electron chi connectivity index (χ2n) is 2.68. The van der Waals surface area contributed by atoms with Crippen molar-refractivity contribution in [1.82, 2.24) is 4.98 Å². The molecule has 0 aliphatic rings. The lowest BCUT2D eigenvalue weighted by Gasteiger charge is -2.05. The SMILES string of the molecule is C=CCCNc1ccc(N)c(N)n1. The average Bonchev–Trinajstić information content (AvgIpc) is 2.12. The van der Waals surface area contributed by atoms with Crippen LogP contribution in [0.25, 0.3) is 0 Å². The molecule has 0 aliphatic heterocycles. The quantitative estimate of drug-likeness (QED) is 0.479. The zero-order chi connectivity index (χ0) is 9.68. The van der Waals surface area contributed by atoms with Gasteiger partial charge in [-0.05, 0) is 18.6 Å². The van der Waals surface area contributed by atoms with Gasteiger partial charge < -0.3 is 16.8 Å². The van der Waals surface area contributed by atoms with Gasteiger partial charge in [0.25, 0.3) is 0 Å². The third kappa shape index (κ3) is 2.66. The van der Waals surface area contributed by atoms with Crippen LogP contribution in [0.1, 0.15) is 6.42 Å². The van der Waals surface area contributed by atoms with Crippen LogP contribution in [-0.4, -0.2) is 11.5 Å². The molecule has 0 radical (unpaired) electrons. The number of hydrogen-bond donors (Lipinski definition) is 3. The molecule has 0 atom stereocenters. The van der Waals surface area contributed by atoms with E-state index in [1.165, 1.54) is 0 Å². The number of aromatic nitrogens is 1. The van der Waals surface area contributed by atoms with Gasteiger partial charge in [-0.25, -0.2) is 4.98 Å². The van der Waals surface area contributed by atoms with Crippen molar-refractivity contribution in [1.29, 1.82) is 0 Å². The van der Waals surface area contributed by atoms with Crippen LogP contribution in [0.3, 0.4) is 0 Å². The lowest BCUT2D eigenvalue weighted by atomic mass is 10.3. The van der Waals surface area contributed by atoms with Crippen LogP contribution < -0.4 is 16.8 Å². The van der Waals surface area contributed by atoms with Gasteiger partial charge >= 0.3 is 0 Å². The summed E-state index contributed by atoms with van der Waals surface area (Å²) in [6.07, 6.45) is 2.74. The Morgan fingerprint density at radius 2 is 2.23 bits per heavy atom. The van der Waals surface area contributed by atoms with Crippen LogP contribution >= 0.6 is 0 Å². The molecule has 1 heterocycles. The van der Waals surface area contributed by atoms with E-state index in [4.69, 9.17) is 11.5 Å². The van der Waals surface area contributed by atoms with Crippen LogP contribution in [-0.2, 0) is 0 Å². The van der Waals surface area contributed by atoms with Crippen LogP contribution in [0.15, 0.2) is 24.8 Å². The molecule has 1 rings (SSSR count). The first-order valence-electron chi connectivity index (χ1n) is 4.11. The van der Waals surface area contributed by atoms with Gasteiger partial charge in [0.15, 0.2) is 0 Å². The number of rotatable bonds is 4. The Morgan fingerprint density at radius 1 is 1.46 bits per heavy atom. The highest BCUT2D eigenvalue weighted by Gasteiger charge is 1.97. The van der Waals surface area contributed by atoms with Crippen molar-refractivity contribution in [2.75, 3.05) is 23.3 Å². The predicted molar refractivity (Wildman–Crippen MR) is 56.4 cm³/mol. The molecule has 4 nitrogen and oxygen atoms in total. The molecule has 0 spiro atoms. The van der Waals surface area contributed by atoms with Gasteiger partial charge in [-0.1, -0.05) is 6.08 Å². The van der Waals surface area contributed by atoms with Gasteiger partial charge in [-0.2, -0.15) is 0 Å². The van der Waals surface area contributed by atoms with Crippen molar-refractivity contribution in [3.63, 3.8) is 0 Å². The molecule has 0 unspecified atom stereocenters. The van der Waals surface area contributed by atoms with Crippen molar-refractivity contribution < 1.29 is 0 Å². The fourth-order valence-corrected chi connectivity index (χ4v) is 0.886. The Kier molecular flexibility index (Phi) is 3.14. The number of nitrogens with one attached hydrogen (secondary N) is 1. The van der Waals surface area contributed by atoms with Crippen LogP contribution in [0, 0.1) is 0 Å². The van der Waals surface area contributed by atoms with Gasteiger partial charge in [0.2, 0.25) is 0 Å². The molecule has 70 valence electrons. The van der Waals surface area contributed by atoms with E-state index in [1.54, 1.807) is 12.1 Å². The molecule has 0 amide bonds. The highest BCUT2D eigenvalue weighted by atomic mass is 15.0. The van der Waals surface area contributed by atoms with E-state index in [-0.39, 0.29) is 0 Å². The van der Waals surface area contributed by atoms with Crippen molar-refractivity contribution >= 4 is 17.3 Å². The molecule has 0 saturated carbocycles. The normalized spacial score (nSPS) is 9.54. The number of hydrogen-bond acceptors (Lipinski definition) is 4. The smallest absolute Gasteiger partial charge is 0.149 e. The first kappa shape index (κ1) is 9.38. The molecular formula is C9H14N4. The van der Waals surface area contributed by atoms with Crippen LogP contribution in [0.2, 0.25) is 0 Å². The zero-order valence-corrected chi connectivity index (χ0v) is 7.46. The molecule has 4 heteroatoms. The fraction of sp³-hybridized carbons (Fsp3) is 0.222. The number of anilines is 3. The second-order valence-corrected chi connectivity index (χ2v) is 2.68. The van der Waals surface area contributed by atoms with Gasteiger partial charge in [0, 0.05) is 6.54 Å². The third-order valence-electron chi connectivity index (χ3n) is 1.61. The Morgan fingerprint density at radius 3 is 2.85 bits per heavy atom. The number of pyridine rings is 1. The molecule has 5 N–H and O–H groups in total. The summed E-state index contributed by atoms with van der Waals surface area (Å²) in [4.78, 5) is 4.05. The van der Waals surface area contributed by atoms with E-state index in [0.717, 1.165) is 18.8 Å². The first-order valence-corrected chi connectivity index (χ1v) is 4.11. The summed E-state index contributed by atoms with van der Waals surface area (Å²) >= 11 is 0. The zero-order valence-electron chi connectivity index (χ0n) is 7.46. The van der Waals surface area contributed by atoms with E-state index in [0.29, 0.717) is 11.5 Å². The molecule has 0 saturated heterocycles. The summed E-state index contributed by atoms with van der Waals surface area (Å²) in [6, 6.07) is 3.54. The fourth-order valence-electron chi connectivity index (χ4n) is 0.886. The molecular weight excluding hydrogens is 164 g/mol. The molecule has 13 heavy (non-hydrogen) atoms. The lowest BCUT2D eigenvalue weighted by molar-refractivity contribution is 1.05. The Hall–Kier alpha value is -1.71. The van der Waals surface area contributed by atoms with Crippen molar-refractivity contribution in [2.24, 2.45) is 0 Å². The summed E-state index contributed by atoms with van der Waals surface area (Å²) in [6.45, 7) is 4.42. The highest BCUT2D eigenvalue weighted by molar-refractivity contribution is 5.61. The molecule has 1 aromatic heterocycles. The van der Waals surface area contributed by atoms with E-state index >= 15 is 0 Å². The summed E-state index contributed by atoms with van der Waals surface area (Å²) in [5.41, 5.74) is 11.5. The van der Waals surface area contributed by atoms with E-state index in [2.05, 4.69) is 16.9 Å². The topological polar surface area (TPSA) is 77.0 Å².